The Bertz CT molecular complexity index is 683. The molecule has 2 saturated heterocycles. The van der Waals surface area contributed by atoms with Gasteiger partial charge in [-0.15, -0.1) is 11.3 Å². The van der Waals surface area contributed by atoms with Gasteiger partial charge in [-0.2, -0.15) is 4.31 Å². The number of hydrogen-bond acceptors (Lipinski definition) is 4. The van der Waals surface area contributed by atoms with E-state index in [9.17, 15) is 13.2 Å². The van der Waals surface area contributed by atoms with Crippen LogP contribution in [0.5, 0.6) is 0 Å². The standard InChI is InChI=1S/C16H24N2O3S2/c1-12-6-3-4-10-17(12)16(19)14-7-5-11-18(14)23(20,21)15-9-8-13(2)22-15/h8-9,12,14H,3-7,10-11H2,1-2H3. The second kappa shape index (κ2) is 6.53. The van der Waals surface area contributed by atoms with Gasteiger partial charge < -0.3 is 4.90 Å². The van der Waals surface area contributed by atoms with E-state index in [1.165, 1.54) is 15.6 Å². The summed E-state index contributed by atoms with van der Waals surface area (Å²) >= 11 is 1.28. The fraction of sp³-hybridized carbons (Fsp3) is 0.688. The number of carbonyl (C=O) groups is 1. The van der Waals surface area contributed by atoms with Crippen molar-refractivity contribution in [1.82, 2.24) is 9.21 Å². The zero-order valence-electron chi connectivity index (χ0n) is 13.7. The lowest BCUT2D eigenvalue weighted by atomic mass is 10.0. The molecule has 0 aliphatic carbocycles. The van der Waals surface area contributed by atoms with Crippen LogP contribution in [0.15, 0.2) is 16.3 Å². The maximum absolute atomic E-state index is 12.9. The molecule has 23 heavy (non-hydrogen) atoms. The first-order valence-electron chi connectivity index (χ1n) is 8.30. The molecule has 0 N–H and O–H groups in total. The molecule has 2 unspecified atom stereocenters. The number of rotatable bonds is 3. The van der Waals surface area contributed by atoms with Gasteiger partial charge in [0.1, 0.15) is 10.3 Å². The van der Waals surface area contributed by atoms with Gasteiger partial charge >= 0.3 is 0 Å². The summed E-state index contributed by atoms with van der Waals surface area (Å²) in [5.74, 6) is -0.00782. The van der Waals surface area contributed by atoms with E-state index in [1.807, 2.05) is 17.9 Å². The van der Waals surface area contributed by atoms with Gasteiger partial charge in [-0.25, -0.2) is 8.42 Å². The highest BCUT2D eigenvalue weighted by Gasteiger charge is 2.42. The third-order valence-electron chi connectivity index (χ3n) is 4.85. The first kappa shape index (κ1) is 16.9. The molecule has 2 aliphatic heterocycles. The van der Waals surface area contributed by atoms with Crippen molar-refractivity contribution in [1.29, 1.82) is 0 Å². The molecule has 0 saturated carbocycles. The second-order valence-corrected chi connectivity index (χ2v) is 9.92. The average Bonchev–Trinajstić information content (AvgIpc) is 3.16. The number of hydrogen-bond donors (Lipinski definition) is 0. The molecule has 0 bridgehead atoms. The Morgan fingerprint density at radius 2 is 1.96 bits per heavy atom. The van der Waals surface area contributed by atoms with Crippen molar-refractivity contribution in [2.75, 3.05) is 13.1 Å². The van der Waals surface area contributed by atoms with Gasteiger partial charge in [0.05, 0.1) is 0 Å². The molecule has 2 aliphatic rings. The molecule has 1 aromatic heterocycles. The quantitative estimate of drug-likeness (QED) is 0.836. The highest BCUT2D eigenvalue weighted by Crippen LogP contribution is 2.31. The molecule has 2 fully saturated rings. The molecule has 0 aromatic carbocycles. The topological polar surface area (TPSA) is 57.7 Å². The normalized spacial score (nSPS) is 26.6. The number of aryl methyl sites for hydroxylation is 1. The molecule has 2 atom stereocenters. The van der Waals surface area contributed by atoms with Crippen molar-refractivity contribution >= 4 is 27.3 Å². The van der Waals surface area contributed by atoms with Crippen LogP contribution in [0.1, 0.15) is 43.9 Å². The first-order valence-corrected chi connectivity index (χ1v) is 10.6. The van der Waals surface area contributed by atoms with Gasteiger partial charge in [0, 0.05) is 24.0 Å². The molecule has 1 amide bonds. The monoisotopic (exact) mass is 356 g/mol. The summed E-state index contributed by atoms with van der Waals surface area (Å²) in [6.07, 6.45) is 4.55. The minimum absolute atomic E-state index is 0.00782. The summed E-state index contributed by atoms with van der Waals surface area (Å²) in [6.45, 7) is 5.15. The highest BCUT2D eigenvalue weighted by molar-refractivity contribution is 7.91. The van der Waals surface area contributed by atoms with Gasteiger partial charge in [0.2, 0.25) is 5.91 Å². The number of piperidine rings is 1. The first-order chi connectivity index (χ1) is 10.9. The summed E-state index contributed by atoms with van der Waals surface area (Å²) in [6, 6.07) is 3.16. The van der Waals surface area contributed by atoms with Crippen molar-refractivity contribution in [2.45, 2.75) is 62.2 Å². The molecule has 3 heterocycles. The molecule has 128 valence electrons. The molecular weight excluding hydrogens is 332 g/mol. The Balaban J connectivity index is 1.84. The Kier molecular flexibility index (Phi) is 4.80. The van der Waals surface area contributed by atoms with Crippen LogP contribution in [0.25, 0.3) is 0 Å². The smallest absolute Gasteiger partial charge is 0.253 e. The summed E-state index contributed by atoms with van der Waals surface area (Å²) in [7, 11) is -3.56. The largest absolute Gasteiger partial charge is 0.339 e. The predicted molar refractivity (Wildman–Crippen MR) is 91.0 cm³/mol. The van der Waals surface area contributed by atoms with Crippen LogP contribution in [0.3, 0.4) is 0 Å². The van der Waals surface area contributed by atoms with E-state index in [1.54, 1.807) is 6.07 Å². The molecular formula is C16H24N2O3S2. The number of thiophene rings is 1. The summed E-state index contributed by atoms with van der Waals surface area (Å²) in [4.78, 5) is 15.8. The van der Waals surface area contributed by atoms with E-state index in [-0.39, 0.29) is 11.9 Å². The van der Waals surface area contributed by atoms with Gasteiger partial charge in [-0.3, -0.25) is 4.79 Å². The number of sulfonamides is 1. The highest BCUT2D eigenvalue weighted by atomic mass is 32.2. The van der Waals surface area contributed by atoms with Gasteiger partial charge in [-0.05, 0) is 58.1 Å². The van der Waals surface area contributed by atoms with Crippen LogP contribution in [-0.4, -0.2) is 48.7 Å². The Labute approximate surface area is 142 Å². The second-order valence-electron chi connectivity index (χ2n) is 6.52. The summed E-state index contributed by atoms with van der Waals surface area (Å²) in [5, 5.41) is 0. The van der Waals surface area contributed by atoms with E-state index in [4.69, 9.17) is 0 Å². The predicted octanol–water partition coefficient (Wildman–Crippen LogP) is 2.61. The fourth-order valence-electron chi connectivity index (χ4n) is 3.56. The van der Waals surface area contributed by atoms with Crippen molar-refractivity contribution in [3.8, 4) is 0 Å². The summed E-state index contributed by atoms with van der Waals surface area (Å²) < 4.78 is 27.6. The van der Waals surface area contributed by atoms with Gasteiger partial charge in [0.15, 0.2) is 0 Å². The third kappa shape index (κ3) is 3.19. The van der Waals surface area contributed by atoms with Crippen LogP contribution in [0.2, 0.25) is 0 Å². The number of amides is 1. The maximum atomic E-state index is 12.9. The molecule has 1 aromatic rings. The van der Waals surface area contributed by atoms with E-state index in [0.29, 0.717) is 17.2 Å². The van der Waals surface area contributed by atoms with Crippen LogP contribution >= 0.6 is 11.3 Å². The lowest BCUT2D eigenvalue weighted by molar-refractivity contribution is -0.137. The van der Waals surface area contributed by atoms with E-state index < -0.39 is 16.1 Å². The minimum atomic E-state index is -3.56. The zero-order chi connectivity index (χ0) is 16.6. The van der Waals surface area contributed by atoms with Crippen molar-refractivity contribution in [2.24, 2.45) is 0 Å². The fourth-order valence-corrected chi connectivity index (χ4v) is 6.62. The van der Waals surface area contributed by atoms with Gasteiger partial charge in [-0.1, -0.05) is 0 Å². The van der Waals surface area contributed by atoms with E-state index >= 15 is 0 Å². The third-order valence-corrected chi connectivity index (χ3v) is 8.23. The van der Waals surface area contributed by atoms with Crippen LogP contribution in [0, 0.1) is 6.92 Å². The molecule has 0 spiro atoms. The Morgan fingerprint density at radius 3 is 2.61 bits per heavy atom. The molecule has 5 nitrogen and oxygen atoms in total. The maximum Gasteiger partial charge on any atom is 0.253 e. The van der Waals surface area contributed by atoms with E-state index in [0.717, 1.165) is 37.1 Å². The number of nitrogens with zero attached hydrogens (tertiary/aromatic N) is 2. The summed E-state index contributed by atoms with van der Waals surface area (Å²) in [5.41, 5.74) is 0. The van der Waals surface area contributed by atoms with Crippen molar-refractivity contribution in [3.63, 3.8) is 0 Å². The van der Waals surface area contributed by atoms with Crippen molar-refractivity contribution < 1.29 is 13.2 Å². The Morgan fingerprint density at radius 1 is 1.17 bits per heavy atom. The number of carbonyl (C=O) groups excluding carboxylic acids is 1. The minimum Gasteiger partial charge on any atom is -0.339 e. The molecule has 3 rings (SSSR count). The van der Waals surface area contributed by atoms with E-state index in [2.05, 4.69) is 6.92 Å². The van der Waals surface area contributed by atoms with Crippen LogP contribution in [0.4, 0.5) is 0 Å². The zero-order valence-corrected chi connectivity index (χ0v) is 15.3. The average molecular weight is 357 g/mol. The lowest BCUT2D eigenvalue weighted by Crippen LogP contribution is -2.51. The Hall–Kier alpha value is -0.920. The molecule has 0 radical (unpaired) electrons. The van der Waals surface area contributed by atoms with Crippen LogP contribution < -0.4 is 0 Å². The van der Waals surface area contributed by atoms with Crippen molar-refractivity contribution in [3.05, 3.63) is 17.0 Å². The van der Waals surface area contributed by atoms with Crippen LogP contribution in [-0.2, 0) is 14.8 Å². The SMILES string of the molecule is Cc1ccc(S(=O)(=O)N2CCCC2C(=O)N2CCCCC2C)s1. The van der Waals surface area contributed by atoms with Gasteiger partial charge in [0.25, 0.3) is 10.0 Å². The number of likely N-dealkylation sites (tertiary alicyclic amines) is 1. The molecule has 7 heteroatoms. The lowest BCUT2D eigenvalue weighted by Gasteiger charge is -2.36.